The Bertz CT molecular complexity index is 997. The first-order chi connectivity index (χ1) is 15.7. The molecule has 32 heavy (non-hydrogen) atoms. The standard InChI is InChI=1S/C26H29N3O3/c30-19-21-18-29(17-20-9-3-1-4-10-20)16-15-23(21)27-26(31)28-24-13-7-8-14-25(24)32-22-11-5-2-6-12-22/h1-14,21,23,30H,15-19H2,(H2,27,28,31)/t21-,23-/m1/s1. The van der Waals surface area contributed by atoms with Crippen LogP contribution >= 0.6 is 0 Å². The zero-order valence-electron chi connectivity index (χ0n) is 18.0. The number of benzene rings is 3. The molecule has 3 aromatic carbocycles. The minimum Gasteiger partial charge on any atom is -0.455 e. The molecular formula is C26H29N3O3. The summed E-state index contributed by atoms with van der Waals surface area (Å²) in [5.41, 5.74) is 1.85. The molecule has 0 spiro atoms. The number of aliphatic hydroxyl groups is 1. The van der Waals surface area contributed by atoms with Crippen LogP contribution in [0.1, 0.15) is 12.0 Å². The maximum atomic E-state index is 12.7. The molecule has 3 aromatic rings. The number of aliphatic hydroxyl groups excluding tert-OH is 1. The summed E-state index contributed by atoms with van der Waals surface area (Å²) in [5, 5.41) is 15.9. The van der Waals surface area contributed by atoms with Gasteiger partial charge in [-0.25, -0.2) is 4.79 Å². The number of urea groups is 1. The Morgan fingerprint density at radius 2 is 1.66 bits per heavy atom. The number of ether oxygens (including phenoxy) is 1. The Labute approximate surface area is 188 Å². The quantitative estimate of drug-likeness (QED) is 0.516. The number of hydrogen-bond acceptors (Lipinski definition) is 4. The third-order valence-electron chi connectivity index (χ3n) is 5.72. The molecule has 2 amide bonds. The van der Waals surface area contributed by atoms with E-state index in [0.717, 1.165) is 26.1 Å². The molecule has 1 saturated heterocycles. The first kappa shape index (κ1) is 21.9. The largest absolute Gasteiger partial charge is 0.455 e. The molecule has 0 aromatic heterocycles. The number of likely N-dealkylation sites (tertiary alicyclic amines) is 1. The van der Waals surface area contributed by atoms with Crippen molar-refractivity contribution in [2.24, 2.45) is 5.92 Å². The van der Waals surface area contributed by atoms with Gasteiger partial charge in [0.1, 0.15) is 5.75 Å². The number of para-hydroxylation sites is 3. The van der Waals surface area contributed by atoms with E-state index in [0.29, 0.717) is 17.2 Å². The molecule has 1 fully saturated rings. The molecule has 166 valence electrons. The number of nitrogens with one attached hydrogen (secondary N) is 2. The van der Waals surface area contributed by atoms with Gasteiger partial charge in [0.05, 0.1) is 5.69 Å². The van der Waals surface area contributed by atoms with Gasteiger partial charge in [0.15, 0.2) is 5.75 Å². The molecule has 0 radical (unpaired) electrons. The second-order valence-corrected chi connectivity index (χ2v) is 8.07. The van der Waals surface area contributed by atoms with Crippen LogP contribution in [0.2, 0.25) is 0 Å². The predicted octanol–water partition coefficient (Wildman–Crippen LogP) is 4.48. The second-order valence-electron chi connectivity index (χ2n) is 8.07. The molecule has 1 aliphatic heterocycles. The Kier molecular flexibility index (Phi) is 7.38. The third-order valence-corrected chi connectivity index (χ3v) is 5.72. The van der Waals surface area contributed by atoms with Gasteiger partial charge in [-0.15, -0.1) is 0 Å². The van der Waals surface area contributed by atoms with E-state index in [2.05, 4.69) is 27.7 Å². The van der Waals surface area contributed by atoms with Crippen molar-refractivity contribution in [1.29, 1.82) is 0 Å². The predicted molar refractivity (Wildman–Crippen MR) is 126 cm³/mol. The molecule has 4 rings (SSSR count). The molecule has 0 bridgehead atoms. The Morgan fingerprint density at radius 1 is 0.969 bits per heavy atom. The summed E-state index contributed by atoms with van der Waals surface area (Å²) < 4.78 is 5.92. The van der Waals surface area contributed by atoms with E-state index in [1.54, 1.807) is 0 Å². The van der Waals surface area contributed by atoms with E-state index >= 15 is 0 Å². The van der Waals surface area contributed by atoms with Crippen LogP contribution in [-0.4, -0.2) is 41.8 Å². The molecule has 1 heterocycles. The van der Waals surface area contributed by atoms with Crippen LogP contribution in [0, 0.1) is 5.92 Å². The fraction of sp³-hybridized carbons (Fsp3) is 0.269. The zero-order chi connectivity index (χ0) is 22.2. The number of amides is 2. The number of hydrogen-bond donors (Lipinski definition) is 3. The van der Waals surface area contributed by atoms with Crippen LogP contribution < -0.4 is 15.4 Å². The summed E-state index contributed by atoms with van der Waals surface area (Å²) in [6, 6.07) is 26.7. The summed E-state index contributed by atoms with van der Waals surface area (Å²) in [5.74, 6) is 1.26. The molecule has 6 heteroatoms. The van der Waals surface area contributed by atoms with Crippen molar-refractivity contribution >= 4 is 11.7 Å². The summed E-state index contributed by atoms with van der Waals surface area (Å²) in [6.07, 6.45) is 0.785. The lowest BCUT2D eigenvalue weighted by atomic mass is 9.92. The van der Waals surface area contributed by atoms with E-state index in [-0.39, 0.29) is 24.6 Å². The van der Waals surface area contributed by atoms with Crippen molar-refractivity contribution in [2.75, 3.05) is 25.0 Å². The maximum Gasteiger partial charge on any atom is 0.319 e. The highest BCUT2D eigenvalue weighted by atomic mass is 16.5. The van der Waals surface area contributed by atoms with E-state index in [4.69, 9.17) is 4.74 Å². The van der Waals surface area contributed by atoms with Crippen molar-refractivity contribution in [1.82, 2.24) is 10.2 Å². The van der Waals surface area contributed by atoms with Crippen LogP contribution in [0.15, 0.2) is 84.9 Å². The van der Waals surface area contributed by atoms with Gasteiger partial charge >= 0.3 is 6.03 Å². The van der Waals surface area contributed by atoms with Crippen molar-refractivity contribution < 1.29 is 14.6 Å². The summed E-state index contributed by atoms with van der Waals surface area (Å²) in [6.45, 7) is 2.48. The lowest BCUT2D eigenvalue weighted by Gasteiger charge is -2.38. The minimum absolute atomic E-state index is 0.0194. The first-order valence-corrected chi connectivity index (χ1v) is 11.0. The SMILES string of the molecule is O=C(Nc1ccccc1Oc1ccccc1)N[C@@H]1CCN(Cc2ccccc2)C[C@@H]1CO. The van der Waals surface area contributed by atoms with Gasteiger partial charge in [0.2, 0.25) is 0 Å². The third kappa shape index (κ3) is 5.87. The van der Waals surface area contributed by atoms with Gasteiger partial charge < -0.3 is 20.5 Å². The number of rotatable bonds is 7. The fourth-order valence-corrected chi connectivity index (χ4v) is 4.07. The van der Waals surface area contributed by atoms with E-state index < -0.39 is 0 Å². The van der Waals surface area contributed by atoms with Crippen LogP contribution in [0.3, 0.4) is 0 Å². The van der Waals surface area contributed by atoms with Crippen molar-refractivity contribution in [3.63, 3.8) is 0 Å². The topological polar surface area (TPSA) is 73.8 Å². The lowest BCUT2D eigenvalue weighted by molar-refractivity contribution is 0.0894. The van der Waals surface area contributed by atoms with Gasteiger partial charge in [-0.05, 0) is 36.2 Å². The highest BCUT2D eigenvalue weighted by Crippen LogP contribution is 2.29. The Morgan fingerprint density at radius 3 is 2.41 bits per heavy atom. The monoisotopic (exact) mass is 431 g/mol. The van der Waals surface area contributed by atoms with Crippen LogP contribution in [0.5, 0.6) is 11.5 Å². The fourth-order valence-electron chi connectivity index (χ4n) is 4.07. The summed E-state index contributed by atoms with van der Waals surface area (Å²) in [7, 11) is 0. The van der Waals surface area contributed by atoms with Gasteiger partial charge in [-0.1, -0.05) is 60.7 Å². The Hall–Kier alpha value is -3.35. The molecule has 0 saturated carbocycles. The van der Waals surface area contributed by atoms with Gasteiger partial charge in [-0.2, -0.15) is 0 Å². The molecule has 0 unspecified atom stereocenters. The van der Waals surface area contributed by atoms with Crippen molar-refractivity contribution in [3.05, 3.63) is 90.5 Å². The molecule has 6 nitrogen and oxygen atoms in total. The van der Waals surface area contributed by atoms with Gasteiger partial charge in [-0.3, -0.25) is 4.90 Å². The number of piperidine rings is 1. The Balaban J connectivity index is 1.34. The van der Waals surface area contributed by atoms with Crippen LogP contribution in [0.4, 0.5) is 10.5 Å². The first-order valence-electron chi connectivity index (χ1n) is 11.0. The highest BCUT2D eigenvalue weighted by molar-refractivity contribution is 5.91. The van der Waals surface area contributed by atoms with Crippen LogP contribution in [0.25, 0.3) is 0 Å². The number of carbonyl (C=O) groups excluding carboxylic acids is 1. The van der Waals surface area contributed by atoms with E-state index in [1.165, 1.54) is 5.56 Å². The van der Waals surface area contributed by atoms with E-state index in [9.17, 15) is 9.90 Å². The normalized spacial score (nSPS) is 18.7. The molecular weight excluding hydrogens is 402 g/mol. The molecule has 3 N–H and O–H groups in total. The number of carbonyl (C=O) groups is 1. The summed E-state index contributed by atoms with van der Waals surface area (Å²) >= 11 is 0. The average Bonchev–Trinajstić information content (AvgIpc) is 2.82. The number of nitrogens with zero attached hydrogens (tertiary/aromatic N) is 1. The smallest absolute Gasteiger partial charge is 0.319 e. The van der Waals surface area contributed by atoms with Crippen molar-refractivity contribution in [2.45, 2.75) is 19.0 Å². The number of anilines is 1. The molecule has 0 aliphatic carbocycles. The zero-order valence-corrected chi connectivity index (χ0v) is 18.0. The average molecular weight is 432 g/mol. The molecule has 2 atom stereocenters. The van der Waals surface area contributed by atoms with Gasteiger partial charge in [0, 0.05) is 38.2 Å². The van der Waals surface area contributed by atoms with Crippen molar-refractivity contribution in [3.8, 4) is 11.5 Å². The lowest BCUT2D eigenvalue weighted by Crippen LogP contribution is -2.52. The summed E-state index contributed by atoms with van der Waals surface area (Å²) in [4.78, 5) is 15.1. The highest BCUT2D eigenvalue weighted by Gasteiger charge is 2.30. The van der Waals surface area contributed by atoms with E-state index in [1.807, 2.05) is 72.8 Å². The van der Waals surface area contributed by atoms with Crippen LogP contribution in [-0.2, 0) is 6.54 Å². The second kappa shape index (κ2) is 10.8. The molecule has 1 aliphatic rings. The van der Waals surface area contributed by atoms with Gasteiger partial charge in [0.25, 0.3) is 0 Å². The maximum absolute atomic E-state index is 12.7. The minimum atomic E-state index is -0.297.